The molecule has 3 rings (SSSR count). The van der Waals surface area contributed by atoms with E-state index in [9.17, 15) is 16.8 Å². The summed E-state index contributed by atoms with van der Waals surface area (Å²) in [6, 6.07) is 10.6. The Morgan fingerprint density at radius 2 is 1.70 bits per heavy atom. The van der Waals surface area contributed by atoms with Crippen LogP contribution in [0.4, 0.5) is 0 Å². The third kappa shape index (κ3) is 5.08. The van der Waals surface area contributed by atoms with Crippen molar-refractivity contribution in [2.24, 2.45) is 0 Å². The van der Waals surface area contributed by atoms with Gasteiger partial charge in [-0.2, -0.15) is 0 Å². The van der Waals surface area contributed by atoms with Gasteiger partial charge in [0, 0.05) is 11.1 Å². The van der Waals surface area contributed by atoms with Crippen LogP contribution in [-0.4, -0.2) is 60.4 Å². The van der Waals surface area contributed by atoms with Crippen LogP contribution in [0.2, 0.25) is 5.02 Å². The quantitative estimate of drug-likeness (QED) is 0.627. The van der Waals surface area contributed by atoms with Crippen molar-refractivity contribution in [1.29, 1.82) is 0 Å². The summed E-state index contributed by atoms with van der Waals surface area (Å²) in [6.45, 7) is 0.419. The van der Waals surface area contributed by atoms with Crippen LogP contribution >= 0.6 is 11.6 Å². The van der Waals surface area contributed by atoms with Crippen molar-refractivity contribution in [3.05, 3.63) is 53.1 Å². The van der Waals surface area contributed by atoms with E-state index in [4.69, 9.17) is 21.1 Å². The van der Waals surface area contributed by atoms with Crippen LogP contribution in [0.1, 0.15) is 5.56 Å². The minimum Gasteiger partial charge on any atom is -0.493 e. The molecule has 2 aromatic carbocycles. The average molecular weight is 474 g/mol. The van der Waals surface area contributed by atoms with Crippen LogP contribution in [0.5, 0.6) is 11.5 Å². The number of sulfone groups is 2. The topological polar surface area (TPSA) is 98.8 Å². The van der Waals surface area contributed by atoms with Crippen molar-refractivity contribution >= 4 is 31.3 Å². The predicted octanol–water partition coefficient (Wildman–Crippen LogP) is 2.13. The molecule has 1 saturated heterocycles. The number of hydrogen-bond donors (Lipinski definition) is 1. The van der Waals surface area contributed by atoms with E-state index in [1.54, 1.807) is 20.3 Å². The van der Waals surface area contributed by atoms with Gasteiger partial charge >= 0.3 is 0 Å². The molecule has 1 unspecified atom stereocenters. The first kappa shape index (κ1) is 22.9. The van der Waals surface area contributed by atoms with Gasteiger partial charge in [-0.3, -0.25) is 0 Å². The van der Waals surface area contributed by atoms with E-state index in [0.717, 1.165) is 5.56 Å². The van der Waals surface area contributed by atoms with E-state index < -0.39 is 36.7 Å². The van der Waals surface area contributed by atoms with Crippen molar-refractivity contribution in [3.8, 4) is 11.5 Å². The molecule has 0 saturated carbocycles. The minimum absolute atomic E-state index is 0.0701. The summed E-state index contributed by atoms with van der Waals surface area (Å²) >= 11 is 5.84. The first-order valence-corrected chi connectivity index (χ1v) is 13.0. The fourth-order valence-corrected chi connectivity index (χ4v) is 8.39. The molecule has 2 aromatic rings. The Bertz CT molecular complexity index is 1100. The zero-order valence-electron chi connectivity index (χ0n) is 16.7. The molecule has 1 fully saturated rings. The molecular weight excluding hydrogens is 450 g/mol. The molecule has 164 valence electrons. The van der Waals surface area contributed by atoms with Gasteiger partial charge in [-0.25, -0.2) is 16.8 Å². The zero-order chi connectivity index (χ0) is 21.9. The fourth-order valence-electron chi connectivity index (χ4n) is 3.55. The van der Waals surface area contributed by atoms with Gasteiger partial charge in [0.2, 0.25) is 0 Å². The molecule has 0 radical (unpaired) electrons. The van der Waals surface area contributed by atoms with Gasteiger partial charge in [-0.05, 0) is 54.9 Å². The van der Waals surface area contributed by atoms with Gasteiger partial charge in [0.1, 0.15) is 0 Å². The Morgan fingerprint density at radius 3 is 2.33 bits per heavy atom. The van der Waals surface area contributed by atoms with Gasteiger partial charge < -0.3 is 14.8 Å². The smallest absolute Gasteiger partial charge is 0.183 e. The number of nitrogens with one attached hydrogen (secondary N) is 1. The summed E-state index contributed by atoms with van der Waals surface area (Å²) in [6.07, 6.45) is 0.574. The molecule has 30 heavy (non-hydrogen) atoms. The highest BCUT2D eigenvalue weighted by Gasteiger charge is 2.45. The van der Waals surface area contributed by atoms with E-state index in [1.807, 2.05) is 12.1 Å². The number of ether oxygens (including phenoxy) is 2. The summed E-state index contributed by atoms with van der Waals surface area (Å²) in [4.78, 5) is 0.0701. The van der Waals surface area contributed by atoms with Crippen molar-refractivity contribution in [2.75, 3.05) is 32.3 Å². The number of methoxy groups -OCH3 is 2. The maximum Gasteiger partial charge on any atom is 0.183 e. The fraction of sp³-hybridized carbons (Fsp3) is 0.400. The number of rotatable bonds is 8. The summed E-state index contributed by atoms with van der Waals surface area (Å²) < 4.78 is 61.0. The summed E-state index contributed by atoms with van der Waals surface area (Å²) in [7, 11) is -4.18. The molecule has 0 aromatic heterocycles. The van der Waals surface area contributed by atoms with Crippen molar-refractivity contribution < 1.29 is 26.3 Å². The first-order valence-electron chi connectivity index (χ1n) is 9.30. The molecule has 2 atom stereocenters. The van der Waals surface area contributed by atoms with E-state index in [1.165, 1.54) is 24.3 Å². The lowest BCUT2D eigenvalue weighted by Crippen LogP contribution is -2.44. The summed E-state index contributed by atoms with van der Waals surface area (Å²) in [5.74, 6) is 0.606. The van der Waals surface area contributed by atoms with E-state index >= 15 is 0 Å². The molecule has 0 amide bonds. The van der Waals surface area contributed by atoms with Gasteiger partial charge in [0.25, 0.3) is 0 Å². The van der Waals surface area contributed by atoms with Crippen LogP contribution in [0, 0.1) is 0 Å². The van der Waals surface area contributed by atoms with Gasteiger partial charge in [-0.15, -0.1) is 0 Å². The van der Waals surface area contributed by atoms with Crippen molar-refractivity contribution in [1.82, 2.24) is 5.32 Å². The number of halogens is 1. The summed E-state index contributed by atoms with van der Waals surface area (Å²) in [5.41, 5.74) is 0.957. The second-order valence-electron chi connectivity index (χ2n) is 7.11. The van der Waals surface area contributed by atoms with Gasteiger partial charge in [0.15, 0.2) is 31.2 Å². The molecular formula is C20H24ClNO6S2. The molecule has 1 heterocycles. The maximum absolute atomic E-state index is 13.1. The normalized spacial score (nSPS) is 20.8. The predicted molar refractivity (Wildman–Crippen MR) is 116 cm³/mol. The lowest BCUT2D eigenvalue weighted by atomic mass is 10.1. The highest BCUT2D eigenvalue weighted by atomic mass is 35.5. The third-order valence-electron chi connectivity index (χ3n) is 5.11. The number of benzene rings is 2. The van der Waals surface area contributed by atoms with Gasteiger partial charge in [-0.1, -0.05) is 17.7 Å². The van der Waals surface area contributed by atoms with Crippen molar-refractivity contribution in [3.63, 3.8) is 0 Å². The second kappa shape index (κ2) is 9.13. The highest BCUT2D eigenvalue weighted by Crippen LogP contribution is 2.29. The molecule has 1 N–H and O–H groups in total. The Hall–Kier alpha value is -1.81. The van der Waals surface area contributed by atoms with Crippen LogP contribution < -0.4 is 14.8 Å². The van der Waals surface area contributed by atoms with Crippen LogP contribution in [0.15, 0.2) is 47.4 Å². The van der Waals surface area contributed by atoms with Crippen LogP contribution in [0.3, 0.4) is 0 Å². The molecule has 1 aliphatic heterocycles. The Kier molecular flexibility index (Phi) is 6.96. The SMILES string of the molecule is COc1ccc(CCN[C@H]2CS(=O)(=O)CC2S(=O)(=O)c2ccc(Cl)cc2)cc1OC. The molecule has 0 bridgehead atoms. The summed E-state index contributed by atoms with van der Waals surface area (Å²) in [5, 5.41) is 2.50. The van der Waals surface area contributed by atoms with E-state index in [2.05, 4.69) is 5.32 Å². The first-order chi connectivity index (χ1) is 14.2. The number of hydrogen-bond acceptors (Lipinski definition) is 7. The Labute approximate surface area is 182 Å². The average Bonchev–Trinajstić information content (AvgIpc) is 3.03. The molecule has 10 heteroatoms. The van der Waals surface area contributed by atoms with Gasteiger partial charge in [0.05, 0.1) is 35.9 Å². The second-order valence-corrected chi connectivity index (χ2v) is 11.9. The minimum atomic E-state index is -3.83. The van der Waals surface area contributed by atoms with E-state index in [-0.39, 0.29) is 10.6 Å². The standard InChI is InChI=1S/C20H24ClNO6S2/c1-27-18-8-3-14(11-19(18)28-2)9-10-22-17-12-29(23,24)13-20(17)30(25,26)16-6-4-15(21)5-7-16/h3-8,11,17,20,22H,9-10,12-13H2,1-2H3/t17-,20?/m0/s1. The van der Waals surface area contributed by atoms with Crippen LogP contribution in [-0.2, 0) is 26.1 Å². The monoisotopic (exact) mass is 473 g/mol. The largest absolute Gasteiger partial charge is 0.493 e. The lowest BCUT2D eigenvalue weighted by Gasteiger charge is -2.20. The molecule has 0 aliphatic carbocycles. The van der Waals surface area contributed by atoms with Crippen LogP contribution in [0.25, 0.3) is 0 Å². The highest BCUT2D eigenvalue weighted by molar-refractivity contribution is 7.96. The van der Waals surface area contributed by atoms with E-state index in [0.29, 0.717) is 29.5 Å². The molecule has 7 nitrogen and oxygen atoms in total. The Balaban J connectivity index is 1.73. The Morgan fingerprint density at radius 1 is 1.03 bits per heavy atom. The van der Waals surface area contributed by atoms with Crippen molar-refractivity contribution in [2.45, 2.75) is 22.6 Å². The zero-order valence-corrected chi connectivity index (χ0v) is 19.1. The third-order valence-corrected chi connectivity index (χ3v) is 9.53. The lowest BCUT2D eigenvalue weighted by molar-refractivity contribution is 0.354. The molecule has 0 spiro atoms. The maximum atomic E-state index is 13.1. The molecule has 1 aliphatic rings.